The van der Waals surface area contributed by atoms with Crippen LogP contribution >= 0.6 is 0 Å². The van der Waals surface area contributed by atoms with Crippen molar-refractivity contribution < 1.29 is 0 Å². The molecule has 2 aromatic heterocycles. The molecule has 11 rings (SSSR count). The SMILES string of the molecule is C=C/C=C(\C=C)N(c1ccc(-c2ccc(-c3ccc(N(C(/C=C\C)=C/C)c4ccc5nn(-c6ccc(C7=CCCC=C7)cc6)nc5c4)cc3)cc2)cc1)c1ccc2nn(-c3ccc(-c4ccccc4)cc3)nc2c1.CC. The molecule has 0 unspecified atom stereocenters. The Labute approximate surface area is 446 Å². The lowest BCUT2D eigenvalue weighted by Crippen LogP contribution is -2.15. The van der Waals surface area contributed by atoms with Gasteiger partial charge in [-0.2, -0.15) is 9.59 Å². The van der Waals surface area contributed by atoms with Crippen LogP contribution in [0.4, 0.5) is 22.7 Å². The summed E-state index contributed by atoms with van der Waals surface area (Å²) >= 11 is 0. The van der Waals surface area contributed by atoms with E-state index in [4.69, 9.17) is 20.4 Å². The fraction of sp³-hybridized carbons (Fsp3) is 0.0882. The number of benzene rings is 8. The summed E-state index contributed by atoms with van der Waals surface area (Å²) in [4.78, 5) is 7.85. The fourth-order valence-electron chi connectivity index (χ4n) is 9.53. The van der Waals surface area contributed by atoms with Gasteiger partial charge in [0.1, 0.15) is 22.1 Å². The van der Waals surface area contributed by atoms with Crippen LogP contribution in [0.15, 0.2) is 267 Å². The van der Waals surface area contributed by atoms with Crippen molar-refractivity contribution in [2.75, 3.05) is 9.80 Å². The lowest BCUT2D eigenvalue weighted by molar-refractivity contribution is 0.765. The topological polar surface area (TPSA) is 67.9 Å². The van der Waals surface area contributed by atoms with Gasteiger partial charge in [-0.15, -0.1) is 20.4 Å². The third-order valence-corrected chi connectivity index (χ3v) is 13.3. The summed E-state index contributed by atoms with van der Waals surface area (Å²) in [7, 11) is 0. The molecule has 2 heterocycles. The maximum atomic E-state index is 4.94. The molecule has 0 radical (unpaired) electrons. The molecule has 0 spiro atoms. The second-order valence-electron chi connectivity index (χ2n) is 18.0. The van der Waals surface area contributed by atoms with Crippen LogP contribution in [0.2, 0.25) is 0 Å². The van der Waals surface area contributed by atoms with E-state index >= 15 is 0 Å². The Bertz CT molecular complexity index is 3800. The fourth-order valence-corrected chi connectivity index (χ4v) is 9.53. The molecule has 8 nitrogen and oxygen atoms in total. The van der Waals surface area contributed by atoms with E-state index in [2.05, 4.69) is 242 Å². The van der Waals surface area contributed by atoms with Gasteiger partial charge in [0.05, 0.1) is 11.4 Å². The van der Waals surface area contributed by atoms with E-state index in [1.165, 1.54) is 16.7 Å². The summed E-state index contributed by atoms with van der Waals surface area (Å²) in [5.74, 6) is 0. The Morgan fingerprint density at radius 3 is 1.32 bits per heavy atom. The quantitative estimate of drug-likeness (QED) is 0.0954. The molecule has 0 N–H and O–H groups in total. The average Bonchev–Trinajstić information content (AvgIpc) is 4.13. The Balaban J connectivity index is 0.00000325. The van der Waals surface area contributed by atoms with E-state index in [1.807, 2.05) is 45.1 Å². The van der Waals surface area contributed by atoms with Gasteiger partial charge in [-0.25, -0.2) is 0 Å². The largest absolute Gasteiger partial charge is 0.311 e. The zero-order valence-corrected chi connectivity index (χ0v) is 43.5. The van der Waals surface area contributed by atoms with Gasteiger partial charge in [0.2, 0.25) is 0 Å². The maximum Gasteiger partial charge on any atom is 0.115 e. The zero-order valence-electron chi connectivity index (χ0n) is 43.5. The summed E-state index contributed by atoms with van der Waals surface area (Å²) < 4.78 is 0. The monoisotopic (exact) mass is 988 g/mol. The first-order chi connectivity index (χ1) is 37.5. The first kappa shape index (κ1) is 49.9. The molecule has 0 amide bonds. The highest BCUT2D eigenvalue weighted by Gasteiger charge is 2.18. The highest BCUT2D eigenvalue weighted by Crippen LogP contribution is 2.37. The van der Waals surface area contributed by atoms with Gasteiger partial charge in [-0.1, -0.05) is 167 Å². The molecule has 10 aromatic rings. The minimum Gasteiger partial charge on any atom is -0.311 e. The standard InChI is InChI=1S/C66H54N8.C2H6/c1-5-15-55(7-3)71(61-41-43-63-65(45-61)69-73(67-63)59-37-29-51(30-38-59)47-17-11-9-12-18-47)57-33-25-53(26-34-57)49-21-23-50(24-22-49)54-27-35-58(36-28-54)72(56(8-4)16-6-2)62-42-44-64-66(46-62)70-74(68-64)60-39-31-52(32-40-60)48-19-13-10-14-20-48;1-2/h5-9,11-13,15-46H,1,3,10,14H2,2,4H3;1-2H3/b16-6-,55-15+,56-8+;. The lowest BCUT2D eigenvalue weighted by atomic mass is 9.99. The molecule has 0 saturated carbocycles. The first-order valence-corrected chi connectivity index (χ1v) is 26.0. The van der Waals surface area contributed by atoms with Gasteiger partial charge in [0.25, 0.3) is 0 Å². The predicted molar refractivity (Wildman–Crippen MR) is 320 cm³/mol. The molecule has 0 bridgehead atoms. The number of aromatic nitrogens is 6. The molecule has 1 aliphatic rings. The van der Waals surface area contributed by atoms with Gasteiger partial charge in [-0.05, 0) is 174 Å². The van der Waals surface area contributed by atoms with E-state index in [-0.39, 0.29) is 0 Å². The Morgan fingerprint density at radius 2 is 0.882 bits per heavy atom. The highest BCUT2D eigenvalue weighted by atomic mass is 15.5. The Hall–Kier alpha value is -9.66. The van der Waals surface area contributed by atoms with Crippen molar-refractivity contribution >= 4 is 50.4 Å². The van der Waals surface area contributed by atoms with E-state index in [9.17, 15) is 0 Å². The van der Waals surface area contributed by atoms with Crippen LogP contribution in [0.25, 0.3) is 72.4 Å². The van der Waals surface area contributed by atoms with Gasteiger partial charge in [0.15, 0.2) is 0 Å². The Kier molecular flexibility index (Phi) is 15.1. The van der Waals surface area contributed by atoms with Crippen LogP contribution in [-0.2, 0) is 0 Å². The molecule has 372 valence electrons. The number of hydrogen-bond acceptors (Lipinski definition) is 6. The Morgan fingerprint density at radius 1 is 0.461 bits per heavy atom. The third-order valence-electron chi connectivity index (χ3n) is 13.3. The lowest BCUT2D eigenvalue weighted by Gasteiger charge is -2.26. The van der Waals surface area contributed by atoms with Crippen LogP contribution in [0, 0.1) is 0 Å². The maximum absolute atomic E-state index is 4.94. The highest BCUT2D eigenvalue weighted by molar-refractivity contribution is 5.85. The number of allylic oxidation sites excluding steroid dienone is 10. The summed E-state index contributed by atoms with van der Waals surface area (Å²) in [5, 5.41) is 19.5. The minimum absolute atomic E-state index is 0.782. The van der Waals surface area contributed by atoms with Crippen LogP contribution in [0.1, 0.15) is 46.1 Å². The second kappa shape index (κ2) is 23.0. The molecule has 76 heavy (non-hydrogen) atoms. The van der Waals surface area contributed by atoms with Crippen molar-refractivity contribution in [2.45, 2.75) is 40.5 Å². The average molecular weight is 989 g/mol. The van der Waals surface area contributed by atoms with Crippen molar-refractivity contribution in [2.24, 2.45) is 0 Å². The summed E-state index contributed by atoms with van der Waals surface area (Å²) in [6.45, 7) is 16.3. The minimum atomic E-state index is 0.782. The number of hydrogen-bond donors (Lipinski definition) is 0. The summed E-state index contributed by atoms with van der Waals surface area (Å²) in [6.07, 6.45) is 20.8. The molecule has 0 aliphatic heterocycles. The number of nitrogens with zero attached hydrogens (tertiary/aromatic N) is 8. The van der Waals surface area contributed by atoms with Gasteiger partial charge < -0.3 is 9.80 Å². The van der Waals surface area contributed by atoms with E-state index < -0.39 is 0 Å². The first-order valence-electron chi connectivity index (χ1n) is 26.0. The van der Waals surface area contributed by atoms with Crippen LogP contribution in [0.5, 0.6) is 0 Å². The summed E-state index contributed by atoms with van der Waals surface area (Å²) in [6, 6.07) is 65.7. The van der Waals surface area contributed by atoms with Gasteiger partial charge >= 0.3 is 0 Å². The molecule has 8 aromatic carbocycles. The van der Waals surface area contributed by atoms with Crippen molar-refractivity contribution in [1.29, 1.82) is 0 Å². The third kappa shape index (κ3) is 10.6. The zero-order chi connectivity index (χ0) is 52.4. The van der Waals surface area contributed by atoms with E-state index in [0.717, 1.165) is 108 Å². The van der Waals surface area contributed by atoms with Crippen LogP contribution in [-0.4, -0.2) is 30.0 Å². The number of anilines is 4. The summed E-state index contributed by atoms with van der Waals surface area (Å²) in [5.41, 5.74) is 20.2. The van der Waals surface area contributed by atoms with Crippen molar-refractivity contribution in [1.82, 2.24) is 30.0 Å². The molecule has 8 heteroatoms. The molecular weight excluding hydrogens is 929 g/mol. The molecular formula is C68H60N8. The molecule has 0 saturated heterocycles. The normalized spacial score (nSPS) is 12.6. The van der Waals surface area contributed by atoms with Gasteiger partial charge in [0, 0.05) is 34.1 Å². The molecule has 0 fully saturated rings. The van der Waals surface area contributed by atoms with E-state index in [1.54, 1.807) is 15.7 Å². The second-order valence-corrected chi connectivity index (χ2v) is 18.0. The van der Waals surface area contributed by atoms with Crippen LogP contribution in [0.3, 0.4) is 0 Å². The van der Waals surface area contributed by atoms with Crippen molar-refractivity contribution in [3.05, 3.63) is 273 Å². The van der Waals surface area contributed by atoms with Crippen LogP contribution < -0.4 is 9.80 Å². The van der Waals surface area contributed by atoms with Crippen molar-refractivity contribution in [3.63, 3.8) is 0 Å². The smallest absolute Gasteiger partial charge is 0.115 e. The number of fused-ring (bicyclic) bond motifs is 2. The molecule has 1 aliphatic carbocycles. The van der Waals surface area contributed by atoms with Crippen molar-refractivity contribution in [3.8, 4) is 44.8 Å². The predicted octanol–water partition coefficient (Wildman–Crippen LogP) is 17.9. The number of rotatable bonds is 15. The van der Waals surface area contributed by atoms with E-state index in [0.29, 0.717) is 0 Å². The molecule has 0 atom stereocenters. The van der Waals surface area contributed by atoms with Gasteiger partial charge in [-0.3, -0.25) is 0 Å².